The number of nitrogens with one attached hydrogen (secondary N) is 1. The van der Waals surface area contributed by atoms with E-state index >= 15 is 0 Å². The number of fused-ring (bicyclic) bond motifs is 1. The van der Waals surface area contributed by atoms with Gasteiger partial charge in [0.2, 0.25) is 0 Å². The number of hydrogen-bond donors (Lipinski definition) is 2. The number of carboxylic acids is 1. The molecule has 4 nitrogen and oxygen atoms in total. The first kappa shape index (κ1) is 23.6. The van der Waals surface area contributed by atoms with Crippen LogP contribution in [0.3, 0.4) is 0 Å². The molecule has 0 radical (unpaired) electrons. The average Bonchev–Trinajstić information content (AvgIpc) is 2.80. The first-order valence-corrected chi connectivity index (χ1v) is 12.7. The van der Waals surface area contributed by atoms with Crippen LogP contribution in [0.25, 0.3) is 5.57 Å². The Morgan fingerprint density at radius 3 is 2.35 bits per heavy atom. The molecule has 0 aliphatic heterocycles. The van der Waals surface area contributed by atoms with Crippen LogP contribution in [-0.4, -0.2) is 31.9 Å². The predicted octanol–water partition coefficient (Wildman–Crippen LogP) is 4.79. The van der Waals surface area contributed by atoms with Gasteiger partial charge in [-0.3, -0.25) is 0 Å². The van der Waals surface area contributed by atoms with Crippen molar-refractivity contribution < 1.29 is 14.7 Å². The summed E-state index contributed by atoms with van der Waals surface area (Å²) in [4.78, 5) is 25.6. The van der Waals surface area contributed by atoms with Crippen molar-refractivity contribution in [2.45, 2.75) is 32.6 Å². The molecular formula is C29H25NO3Se. The summed E-state index contributed by atoms with van der Waals surface area (Å²) < 4.78 is 1.22. The molecule has 3 aromatic carbocycles. The summed E-state index contributed by atoms with van der Waals surface area (Å²) in [5, 5.41) is 11.8. The van der Waals surface area contributed by atoms with E-state index in [1.807, 2.05) is 12.1 Å². The Bertz CT molecular complexity index is 1340. The van der Waals surface area contributed by atoms with Gasteiger partial charge in [0.15, 0.2) is 0 Å². The Kier molecular flexibility index (Phi) is 6.75. The first-order valence-electron chi connectivity index (χ1n) is 11.0. The van der Waals surface area contributed by atoms with Crippen LogP contribution in [0.15, 0.2) is 72.8 Å². The normalized spacial score (nSPS) is 13.7. The molecule has 0 spiro atoms. The molecule has 1 amide bonds. The van der Waals surface area contributed by atoms with Crippen molar-refractivity contribution in [2.75, 3.05) is 5.32 Å². The number of benzene rings is 3. The van der Waals surface area contributed by atoms with Crippen molar-refractivity contribution in [2.24, 2.45) is 0 Å². The first-order chi connectivity index (χ1) is 16.2. The molecule has 2 N–H and O–H groups in total. The molecule has 3 aromatic rings. The minimum absolute atomic E-state index is 0.0160. The van der Waals surface area contributed by atoms with E-state index in [0.717, 1.165) is 23.2 Å². The number of rotatable bonds is 4. The summed E-state index contributed by atoms with van der Waals surface area (Å²) in [7, 11) is 0. The van der Waals surface area contributed by atoms with E-state index in [2.05, 4.69) is 66.3 Å². The van der Waals surface area contributed by atoms with Crippen LogP contribution in [0.1, 0.15) is 59.8 Å². The minimum atomic E-state index is -0.933. The summed E-state index contributed by atoms with van der Waals surface area (Å²) >= 11 is -0.0160. The van der Waals surface area contributed by atoms with E-state index in [1.54, 1.807) is 24.3 Å². The summed E-state index contributed by atoms with van der Waals surface area (Å²) in [6, 6.07) is 21.3. The Hall–Kier alpha value is -3.58. The SMILES string of the molecule is CC(=O)Nc1ccc(C2=CCC(C)(C)c3cc([Se]C#Cc4ccc(C(=O)O)cc4)ccc32)cc1. The van der Waals surface area contributed by atoms with Crippen LogP contribution in [-0.2, 0) is 10.2 Å². The molecule has 0 bridgehead atoms. The van der Waals surface area contributed by atoms with Crippen molar-refractivity contribution in [1.82, 2.24) is 0 Å². The summed E-state index contributed by atoms with van der Waals surface area (Å²) in [6.07, 6.45) is 3.25. The van der Waals surface area contributed by atoms with Crippen LogP contribution in [0.5, 0.6) is 0 Å². The second kappa shape index (κ2) is 9.73. The van der Waals surface area contributed by atoms with Gasteiger partial charge in [-0.1, -0.05) is 0 Å². The van der Waals surface area contributed by atoms with Gasteiger partial charge >= 0.3 is 207 Å². The predicted molar refractivity (Wildman–Crippen MR) is 138 cm³/mol. The van der Waals surface area contributed by atoms with Crippen molar-refractivity contribution >= 4 is 42.6 Å². The van der Waals surface area contributed by atoms with Gasteiger partial charge in [-0.25, -0.2) is 0 Å². The van der Waals surface area contributed by atoms with E-state index in [0.29, 0.717) is 0 Å². The Labute approximate surface area is 206 Å². The Morgan fingerprint density at radius 2 is 1.71 bits per heavy atom. The van der Waals surface area contributed by atoms with Crippen LogP contribution in [0.2, 0.25) is 0 Å². The number of carbonyl (C=O) groups excluding carboxylic acids is 1. The van der Waals surface area contributed by atoms with Gasteiger partial charge in [0, 0.05) is 0 Å². The molecule has 170 valence electrons. The molecule has 0 saturated carbocycles. The van der Waals surface area contributed by atoms with Gasteiger partial charge in [0.1, 0.15) is 0 Å². The van der Waals surface area contributed by atoms with Gasteiger partial charge in [-0.2, -0.15) is 0 Å². The maximum atomic E-state index is 11.3. The molecular weight excluding hydrogens is 489 g/mol. The van der Waals surface area contributed by atoms with Gasteiger partial charge in [-0.15, -0.1) is 0 Å². The van der Waals surface area contributed by atoms with E-state index < -0.39 is 5.97 Å². The Balaban J connectivity index is 1.57. The molecule has 1 aliphatic rings. The Morgan fingerprint density at radius 1 is 1.00 bits per heavy atom. The zero-order chi connectivity index (χ0) is 24.3. The molecule has 0 fully saturated rings. The number of hydrogen-bond acceptors (Lipinski definition) is 2. The standard InChI is InChI=1S/C29H25NO3Se/c1-19(31)30-23-10-8-21(9-11-23)25-14-16-29(2,3)27-18-24(12-13-26(25)27)34-17-15-20-4-6-22(7-5-20)28(32)33/h4-14,18H,16H2,1-3H3,(H,30,31)(H,32,33). The fourth-order valence-corrected chi connectivity index (χ4v) is 5.27. The van der Waals surface area contributed by atoms with Crippen LogP contribution in [0, 0.1) is 10.7 Å². The molecule has 0 saturated heterocycles. The fourth-order valence-electron chi connectivity index (χ4n) is 4.01. The van der Waals surface area contributed by atoms with E-state index in [9.17, 15) is 9.59 Å². The van der Waals surface area contributed by atoms with E-state index in [-0.39, 0.29) is 31.8 Å². The molecule has 4 rings (SSSR count). The van der Waals surface area contributed by atoms with Crippen LogP contribution >= 0.6 is 0 Å². The molecule has 34 heavy (non-hydrogen) atoms. The number of carboxylic acid groups (broad SMARTS) is 1. The molecule has 0 heterocycles. The average molecular weight is 514 g/mol. The van der Waals surface area contributed by atoms with Gasteiger partial charge in [0.05, 0.1) is 0 Å². The van der Waals surface area contributed by atoms with Crippen molar-refractivity contribution in [3.63, 3.8) is 0 Å². The molecule has 0 unspecified atom stereocenters. The number of carbonyl (C=O) groups is 2. The zero-order valence-corrected chi connectivity index (χ0v) is 21.0. The third kappa shape index (κ3) is 5.31. The molecule has 5 heteroatoms. The third-order valence-electron chi connectivity index (χ3n) is 5.84. The third-order valence-corrected chi connectivity index (χ3v) is 7.29. The van der Waals surface area contributed by atoms with Gasteiger partial charge in [0.25, 0.3) is 0 Å². The fraction of sp³-hybridized carbons (Fsp3) is 0.172. The van der Waals surface area contributed by atoms with Crippen molar-refractivity contribution in [3.8, 4) is 10.7 Å². The monoisotopic (exact) mass is 515 g/mol. The van der Waals surface area contributed by atoms with Crippen molar-refractivity contribution in [1.29, 1.82) is 0 Å². The van der Waals surface area contributed by atoms with E-state index in [4.69, 9.17) is 5.11 Å². The quantitative estimate of drug-likeness (QED) is 0.389. The topological polar surface area (TPSA) is 66.4 Å². The number of amides is 1. The van der Waals surface area contributed by atoms with Crippen molar-refractivity contribution in [3.05, 3.63) is 101 Å². The maximum absolute atomic E-state index is 11.3. The van der Waals surface area contributed by atoms with Gasteiger partial charge in [-0.05, 0) is 0 Å². The van der Waals surface area contributed by atoms with E-state index in [1.165, 1.54) is 28.1 Å². The number of aromatic carboxylic acids is 1. The molecule has 0 aromatic heterocycles. The second-order valence-electron chi connectivity index (χ2n) is 8.88. The number of allylic oxidation sites excluding steroid dienone is 1. The summed E-state index contributed by atoms with van der Waals surface area (Å²) in [5.41, 5.74) is 6.81. The number of anilines is 1. The van der Waals surface area contributed by atoms with Gasteiger partial charge < -0.3 is 0 Å². The van der Waals surface area contributed by atoms with Crippen LogP contribution in [0.4, 0.5) is 5.69 Å². The summed E-state index contributed by atoms with van der Waals surface area (Å²) in [5.74, 6) is 2.15. The van der Waals surface area contributed by atoms with Crippen LogP contribution < -0.4 is 9.78 Å². The zero-order valence-electron chi connectivity index (χ0n) is 19.3. The second-order valence-corrected chi connectivity index (χ2v) is 10.7. The molecule has 0 atom stereocenters. The molecule has 1 aliphatic carbocycles. The summed E-state index contributed by atoms with van der Waals surface area (Å²) in [6.45, 7) is 6.05.